The Morgan fingerprint density at radius 3 is 2.61 bits per heavy atom. The van der Waals surface area contributed by atoms with Crippen LogP contribution in [0.15, 0.2) is 6.33 Å². The van der Waals surface area contributed by atoms with Crippen molar-refractivity contribution in [1.82, 2.24) is 25.0 Å². The van der Waals surface area contributed by atoms with Crippen molar-refractivity contribution >= 4 is 17.0 Å². The van der Waals surface area contributed by atoms with Gasteiger partial charge in [-0.2, -0.15) is 0 Å². The van der Waals surface area contributed by atoms with Crippen molar-refractivity contribution < 1.29 is 0 Å². The first-order valence-electron chi connectivity index (χ1n) is 6.47. The van der Waals surface area contributed by atoms with Crippen molar-refractivity contribution in [1.29, 1.82) is 0 Å². The highest BCUT2D eigenvalue weighted by molar-refractivity contribution is 5.82. The van der Waals surface area contributed by atoms with E-state index in [2.05, 4.69) is 39.0 Å². The van der Waals surface area contributed by atoms with Crippen LogP contribution in [0.5, 0.6) is 0 Å². The summed E-state index contributed by atoms with van der Waals surface area (Å²) in [6.45, 7) is 4.50. The predicted molar refractivity (Wildman–Crippen MR) is 69.4 cm³/mol. The first-order chi connectivity index (χ1) is 8.68. The number of hydrogen-bond acceptors (Lipinski definition) is 5. The Kier molecular flexibility index (Phi) is 2.65. The highest BCUT2D eigenvalue weighted by Gasteiger charge is 2.28. The van der Waals surface area contributed by atoms with E-state index in [0.717, 1.165) is 17.0 Å². The van der Waals surface area contributed by atoms with Crippen molar-refractivity contribution in [2.24, 2.45) is 7.05 Å². The lowest BCUT2D eigenvalue weighted by Gasteiger charge is -2.39. The average molecular weight is 246 g/mol. The van der Waals surface area contributed by atoms with Crippen molar-refractivity contribution in [3.63, 3.8) is 0 Å². The quantitative estimate of drug-likeness (QED) is 0.763. The molecule has 6 nitrogen and oxygen atoms in total. The third-order valence-electron chi connectivity index (χ3n) is 3.81. The van der Waals surface area contributed by atoms with Gasteiger partial charge in [0.05, 0.1) is 0 Å². The van der Waals surface area contributed by atoms with Crippen LogP contribution in [0.4, 0.5) is 5.82 Å². The van der Waals surface area contributed by atoms with Gasteiger partial charge in [-0.05, 0) is 33.1 Å². The summed E-state index contributed by atoms with van der Waals surface area (Å²) >= 11 is 0. The van der Waals surface area contributed by atoms with Crippen LogP contribution in [0.25, 0.3) is 11.2 Å². The molecule has 0 aromatic carbocycles. The van der Waals surface area contributed by atoms with E-state index in [0.29, 0.717) is 12.1 Å². The molecule has 0 amide bonds. The number of fused-ring (bicyclic) bond motifs is 1. The lowest BCUT2D eigenvalue weighted by molar-refractivity contribution is 0.412. The fourth-order valence-corrected chi connectivity index (χ4v) is 2.87. The Balaban J connectivity index is 2.12. The summed E-state index contributed by atoms with van der Waals surface area (Å²) < 4.78 is 1.69. The number of aromatic nitrogens is 5. The van der Waals surface area contributed by atoms with Gasteiger partial charge < -0.3 is 4.90 Å². The Morgan fingerprint density at radius 1 is 1.17 bits per heavy atom. The Labute approximate surface area is 106 Å². The smallest absolute Gasteiger partial charge is 0.183 e. The van der Waals surface area contributed by atoms with Crippen molar-refractivity contribution in [3.05, 3.63) is 6.33 Å². The van der Waals surface area contributed by atoms with Gasteiger partial charge in [0.2, 0.25) is 0 Å². The summed E-state index contributed by atoms with van der Waals surface area (Å²) in [6, 6.07) is 0.989. The van der Waals surface area contributed by atoms with E-state index < -0.39 is 0 Å². The standard InChI is InChI=1S/C12H18N6/c1-8-5-4-6-9(2)18(8)12-10-11(13-7-14-12)17(3)16-15-10/h7-9H,4-6H2,1-3H3/t8-,9-/m1/s1. The predicted octanol–water partition coefficient (Wildman–Crippen LogP) is 1.53. The minimum absolute atomic E-state index is 0.494. The van der Waals surface area contributed by atoms with Crippen LogP contribution in [-0.2, 0) is 7.05 Å². The fourth-order valence-electron chi connectivity index (χ4n) is 2.87. The zero-order valence-electron chi connectivity index (χ0n) is 11.0. The maximum Gasteiger partial charge on any atom is 0.183 e. The molecule has 0 bridgehead atoms. The van der Waals surface area contributed by atoms with Crippen LogP contribution in [0, 0.1) is 0 Å². The van der Waals surface area contributed by atoms with Crippen molar-refractivity contribution in [2.75, 3.05) is 4.90 Å². The minimum atomic E-state index is 0.494. The van der Waals surface area contributed by atoms with Crippen LogP contribution in [0.3, 0.4) is 0 Å². The maximum atomic E-state index is 4.44. The number of piperidine rings is 1. The molecule has 2 aromatic rings. The van der Waals surface area contributed by atoms with Crippen molar-refractivity contribution in [3.8, 4) is 0 Å². The molecule has 0 radical (unpaired) electrons. The number of anilines is 1. The van der Waals surface area contributed by atoms with Gasteiger partial charge >= 0.3 is 0 Å². The molecular formula is C12H18N6. The zero-order chi connectivity index (χ0) is 12.7. The van der Waals surface area contributed by atoms with Gasteiger partial charge in [-0.15, -0.1) is 5.10 Å². The second-order valence-corrected chi connectivity index (χ2v) is 5.12. The molecule has 18 heavy (non-hydrogen) atoms. The van der Waals surface area contributed by atoms with Gasteiger partial charge in [0.25, 0.3) is 0 Å². The average Bonchev–Trinajstić information content (AvgIpc) is 2.72. The molecule has 1 aliphatic rings. The normalized spacial score (nSPS) is 24.7. The summed E-state index contributed by atoms with van der Waals surface area (Å²) in [4.78, 5) is 11.1. The van der Waals surface area contributed by atoms with Crippen LogP contribution in [-0.4, -0.2) is 37.0 Å². The maximum absolute atomic E-state index is 4.44. The van der Waals surface area contributed by atoms with Crippen LogP contribution >= 0.6 is 0 Å². The SMILES string of the molecule is C[C@@H]1CCC[C@@H](C)N1c1ncnc2c1nnn2C. The topological polar surface area (TPSA) is 59.7 Å². The highest BCUT2D eigenvalue weighted by atomic mass is 15.4. The molecule has 1 aliphatic heterocycles. The van der Waals surface area contributed by atoms with E-state index in [4.69, 9.17) is 0 Å². The molecule has 0 saturated carbocycles. The van der Waals surface area contributed by atoms with E-state index in [-0.39, 0.29) is 0 Å². The molecule has 2 aromatic heterocycles. The van der Waals surface area contributed by atoms with Gasteiger partial charge in [0.1, 0.15) is 6.33 Å². The number of rotatable bonds is 1. The lowest BCUT2D eigenvalue weighted by atomic mass is 9.97. The molecule has 0 unspecified atom stereocenters. The molecule has 0 N–H and O–H groups in total. The largest absolute Gasteiger partial charge is 0.349 e. The Morgan fingerprint density at radius 2 is 1.89 bits per heavy atom. The molecule has 0 spiro atoms. The monoisotopic (exact) mass is 246 g/mol. The van der Waals surface area contributed by atoms with Crippen LogP contribution < -0.4 is 4.90 Å². The van der Waals surface area contributed by atoms with E-state index in [1.54, 1.807) is 11.0 Å². The molecule has 3 rings (SSSR count). The summed E-state index contributed by atoms with van der Waals surface area (Å²) in [7, 11) is 1.86. The van der Waals surface area contributed by atoms with Gasteiger partial charge in [-0.25, -0.2) is 14.6 Å². The first kappa shape index (κ1) is 11.4. The third kappa shape index (κ3) is 1.63. The fraction of sp³-hybridized carbons (Fsp3) is 0.667. The Hall–Kier alpha value is -1.72. The van der Waals surface area contributed by atoms with Crippen molar-refractivity contribution in [2.45, 2.75) is 45.2 Å². The van der Waals surface area contributed by atoms with E-state index in [1.807, 2.05) is 7.05 Å². The summed E-state index contributed by atoms with van der Waals surface area (Å²) in [6.07, 6.45) is 5.30. The molecule has 3 heterocycles. The lowest BCUT2D eigenvalue weighted by Crippen LogP contribution is -2.44. The molecule has 2 atom stereocenters. The van der Waals surface area contributed by atoms with Gasteiger partial charge in [-0.3, -0.25) is 0 Å². The Bertz CT molecular complexity index is 553. The van der Waals surface area contributed by atoms with Gasteiger partial charge in [-0.1, -0.05) is 5.21 Å². The molecule has 96 valence electrons. The molecule has 0 aliphatic carbocycles. The molecular weight excluding hydrogens is 228 g/mol. The second kappa shape index (κ2) is 4.19. The first-order valence-corrected chi connectivity index (χ1v) is 6.47. The molecule has 6 heteroatoms. The van der Waals surface area contributed by atoms with Gasteiger partial charge in [0.15, 0.2) is 17.0 Å². The number of hydrogen-bond donors (Lipinski definition) is 0. The molecule has 1 fully saturated rings. The van der Waals surface area contributed by atoms with E-state index in [9.17, 15) is 0 Å². The number of aryl methyl sites for hydroxylation is 1. The van der Waals surface area contributed by atoms with Crippen LogP contribution in [0.1, 0.15) is 33.1 Å². The number of nitrogens with zero attached hydrogens (tertiary/aromatic N) is 6. The van der Waals surface area contributed by atoms with E-state index >= 15 is 0 Å². The van der Waals surface area contributed by atoms with Crippen LogP contribution in [0.2, 0.25) is 0 Å². The summed E-state index contributed by atoms with van der Waals surface area (Å²) in [5.74, 6) is 0.924. The second-order valence-electron chi connectivity index (χ2n) is 5.12. The molecule has 1 saturated heterocycles. The third-order valence-corrected chi connectivity index (χ3v) is 3.81. The minimum Gasteiger partial charge on any atom is -0.349 e. The zero-order valence-corrected chi connectivity index (χ0v) is 11.0. The van der Waals surface area contributed by atoms with E-state index in [1.165, 1.54) is 19.3 Å². The highest BCUT2D eigenvalue weighted by Crippen LogP contribution is 2.30. The summed E-state index contributed by atoms with van der Waals surface area (Å²) in [5.41, 5.74) is 1.60. The summed E-state index contributed by atoms with van der Waals surface area (Å²) in [5, 5.41) is 8.25. The van der Waals surface area contributed by atoms with Gasteiger partial charge in [0, 0.05) is 19.1 Å².